The van der Waals surface area contributed by atoms with Crippen molar-refractivity contribution in [1.82, 2.24) is 4.90 Å². The number of benzene rings is 1. The summed E-state index contributed by atoms with van der Waals surface area (Å²) in [4.78, 5) is 16.5. The SMILES string of the molecule is CN1c2ccccc2C(=N[S@](=O)C(C)(C)C)C12CCN(C(=O)OC(C)(C)C)CC2. The monoisotopic (exact) mass is 419 g/mol. The number of hydrogen-bond acceptors (Lipinski definition) is 4. The predicted molar refractivity (Wildman–Crippen MR) is 119 cm³/mol. The molecule has 2 aliphatic rings. The van der Waals surface area contributed by atoms with Crippen LogP contribution >= 0.6 is 0 Å². The van der Waals surface area contributed by atoms with E-state index >= 15 is 0 Å². The fourth-order valence-corrected chi connectivity index (χ4v) is 4.63. The number of rotatable bonds is 1. The molecule has 0 unspecified atom stereocenters. The van der Waals surface area contributed by atoms with E-state index in [4.69, 9.17) is 9.13 Å². The Kier molecular flexibility index (Phi) is 5.58. The number of piperidine rings is 1. The van der Waals surface area contributed by atoms with Gasteiger partial charge in [0.05, 0.1) is 16.0 Å². The molecule has 29 heavy (non-hydrogen) atoms. The number of likely N-dealkylation sites (N-methyl/N-ethyl adjacent to an activating group) is 1. The second-order valence-corrected chi connectivity index (χ2v) is 11.8. The Morgan fingerprint density at radius 1 is 1.10 bits per heavy atom. The van der Waals surface area contributed by atoms with Gasteiger partial charge >= 0.3 is 6.09 Å². The molecule has 0 bridgehead atoms. The Morgan fingerprint density at radius 2 is 1.69 bits per heavy atom. The average Bonchev–Trinajstić information content (AvgIpc) is 2.83. The number of carbonyl (C=O) groups excluding carboxylic acids is 1. The minimum absolute atomic E-state index is 0.276. The summed E-state index contributed by atoms with van der Waals surface area (Å²) in [6, 6.07) is 8.15. The highest BCUT2D eigenvalue weighted by Crippen LogP contribution is 2.44. The molecular weight excluding hydrogens is 386 g/mol. The van der Waals surface area contributed by atoms with Gasteiger partial charge in [-0.3, -0.25) is 0 Å². The van der Waals surface area contributed by atoms with Crippen molar-refractivity contribution < 1.29 is 13.7 Å². The Labute approximate surface area is 176 Å². The van der Waals surface area contributed by atoms with E-state index in [-0.39, 0.29) is 11.6 Å². The van der Waals surface area contributed by atoms with Crippen molar-refractivity contribution in [2.45, 2.75) is 70.3 Å². The molecule has 0 N–H and O–H groups in total. The third-order valence-corrected chi connectivity index (χ3v) is 6.94. The van der Waals surface area contributed by atoms with Gasteiger partial charge in [-0.05, 0) is 60.5 Å². The molecule has 0 aromatic heterocycles. The minimum Gasteiger partial charge on any atom is -0.444 e. The molecule has 1 atom stereocenters. The summed E-state index contributed by atoms with van der Waals surface area (Å²) in [5.41, 5.74) is 2.15. The maximum Gasteiger partial charge on any atom is 0.410 e. The lowest BCUT2D eigenvalue weighted by molar-refractivity contribution is 0.0192. The lowest BCUT2D eigenvalue weighted by Crippen LogP contribution is -2.57. The Hall–Kier alpha value is -1.89. The number of fused-ring (bicyclic) bond motifs is 1. The molecule has 7 heteroatoms. The topological polar surface area (TPSA) is 62.2 Å². The lowest BCUT2D eigenvalue weighted by Gasteiger charge is -2.44. The first-order valence-corrected chi connectivity index (χ1v) is 11.3. The molecule has 0 aliphatic carbocycles. The van der Waals surface area contributed by atoms with Crippen molar-refractivity contribution in [2.24, 2.45) is 4.40 Å². The fourth-order valence-electron chi connectivity index (χ4n) is 3.92. The molecule has 3 rings (SSSR count). The zero-order valence-corrected chi connectivity index (χ0v) is 19.4. The van der Waals surface area contributed by atoms with Crippen molar-refractivity contribution in [3.63, 3.8) is 0 Å². The van der Waals surface area contributed by atoms with Crippen LogP contribution in [0.3, 0.4) is 0 Å². The molecule has 0 radical (unpaired) electrons. The third kappa shape index (κ3) is 4.20. The van der Waals surface area contributed by atoms with Crippen LogP contribution in [0.1, 0.15) is 59.9 Å². The van der Waals surface area contributed by atoms with Gasteiger partial charge in [-0.15, -0.1) is 0 Å². The quantitative estimate of drug-likeness (QED) is 0.686. The van der Waals surface area contributed by atoms with Crippen LogP contribution in [0.15, 0.2) is 28.7 Å². The predicted octanol–water partition coefficient (Wildman–Crippen LogP) is 4.16. The largest absolute Gasteiger partial charge is 0.444 e. The first-order valence-electron chi connectivity index (χ1n) is 10.2. The summed E-state index contributed by atoms with van der Waals surface area (Å²) in [5, 5.41) is 0. The molecule has 2 aliphatic heterocycles. The van der Waals surface area contributed by atoms with Gasteiger partial charge in [0.15, 0.2) is 0 Å². The molecule has 1 amide bonds. The molecule has 0 saturated carbocycles. The molecule has 1 fully saturated rings. The van der Waals surface area contributed by atoms with Crippen molar-refractivity contribution >= 4 is 28.5 Å². The zero-order valence-electron chi connectivity index (χ0n) is 18.6. The van der Waals surface area contributed by atoms with Gasteiger partial charge in [0.25, 0.3) is 0 Å². The van der Waals surface area contributed by atoms with Crippen molar-refractivity contribution in [3.05, 3.63) is 29.8 Å². The van der Waals surface area contributed by atoms with Crippen molar-refractivity contribution in [1.29, 1.82) is 0 Å². The van der Waals surface area contributed by atoms with Crippen LogP contribution in [0, 0.1) is 0 Å². The second-order valence-electron chi connectivity index (χ2n) is 9.88. The van der Waals surface area contributed by atoms with Crippen molar-refractivity contribution in [2.75, 3.05) is 25.0 Å². The number of ether oxygens (including phenoxy) is 1. The number of anilines is 1. The van der Waals surface area contributed by atoms with E-state index in [0.29, 0.717) is 13.1 Å². The van der Waals surface area contributed by atoms with Crippen LogP contribution < -0.4 is 4.90 Å². The number of hydrogen-bond donors (Lipinski definition) is 0. The fraction of sp³-hybridized carbons (Fsp3) is 0.636. The van der Waals surface area contributed by atoms with E-state index in [1.807, 2.05) is 53.7 Å². The average molecular weight is 420 g/mol. The molecule has 1 aromatic carbocycles. The van der Waals surface area contributed by atoms with Crippen LogP contribution in [0.4, 0.5) is 10.5 Å². The third-order valence-electron chi connectivity index (χ3n) is 5.54. The summed E-state index contributed by atoms with van der Waals surface area (Å²) >= 11 is 0. The maximum absolute atomic E-state index is 12.9. The van der Waals surface area contributed by atoms with Crippen LogP contribution in [0.25, 0.3) is 0 Å². The van der Waals surface area contributed by atoms with Gasteiger partial charge in [-0.25, -0.2) is 9.00 Å². The maximum atomic E-state index is 12.9. The molecule has 1 aromatic rings. The standard InChI is InChI=1S/C22H33N3O3S/c1-20(2,3)28-19(26)25-14-12-22(13-15-25)18(23-29(27)21(4,5)6)16-10-8-9-11-17(16)24(22)7/h8-11H,12-15H2,1-7H3/t29-/m1/s1. The van der Waals surface area contributed by atoms with Crippen LogP contribution in [0.2, 0.25) is 0 Å². The zero-order chi connectivity index (χ0) is 21.6. The van der Waals surface area contributed by atoms with E-state index in [2.05, 4.69) is 24.1 Å². The highest BCUT2D eigenvalue weighted by molar-refractivity contribution is 7.85. The highest BCUT2D eigenvalue weighted by Gasteiger charge is 2.50. The number of nitrogens with zero attached hydrogens (tertiary/aromatic N) is 3. The Balaban J connectivity index is 1.93. The second kappa shape index (κ2) is 7.42. The number of likely N-dealkylation sites (tertiary alicyclic amines) is 1. The molecule has 160 valence electrons. The van der Waals surface area contributed by atoms with E-state index in [9.17, 15) is 9.00 Å². The van der Waals surface area contributed by atoms with E-state index in [1.54, 1.807) is 4.90 Å². The molecule has 1 saturated heterocycles. The van der Waals surface area contributed by atoms with Gasteiger partial charge < -0.3 is 14.5 Å². The van der Waals surface area contributed by atoms with Gasteiger partial charge in [0, 0.05) is 31.4 Å². The van der Waals surface area contributed by atoms with Gasteiger partial charge in [-0.2, -0.15) is 4.40 Å². The van der Waals surface area contributed by atoms with E-state index < -0.39 is 21.3 Å². The smallest absolute Gasteiger partial charge is 0.410 e. The first kappa shape index (κ1) is 21.8. The summed E-state index contributed by atoms with van der Waals surface area (Å²) in [6.45, 7) is 12.6. The van der Waals surface area contributed by atoms with Crippen LogP contribution in [-0.4, -0.2) is 56.9 Å². The normalized spacial score (nSPS) is 21.4. The summed E-state index contributed by atoms with van der Waals surface area (Å²) in [7, 11) is 0.722. The number of para-hydroxylation sites is 1. The van der Waals surface area contributed by atoms with Crippen LogP contribution in [-0.2, 0) is 15.7 Å². The first-order chi connectivity index (χ1) is 13.3. The summed E-state index contributed by atoms with van der Waals surface area (Å²) < 4.78 is 22.8. The minimum atomic E-state index is -1.35. The van der Waals surface area contributed by atoms with Crippen molar-refractivity contribution in [3.8, 4) is 0 Å². The highest BCUT2D eigenvalue weighted by atomic mass is 32.2. The summed E-state index contributed by atoms with van der Waals surface area (Å²) in [6.07, 6.45) is 1.16. The number of carbonyl (C=O) groups is 1. The molecular formula is C22H33N3O3S. The summed E-state index contributed by atoms with van der Waals surface area (Å²) in [5.74, 6) is 0. The van der Waals surface area contributed by atoms with Gasteiger partial charge in [0.2, 0.25) is 0 Å². The molecule has 1 spiro atoms. The molecule has 6 nitrogen and oxygen atoms in total. The van der Waals surface area contributed by atoms with E-state index in [1.165, 1.54) is 0 Å². The Bertz CT molecular complexity index is 844. The van der Waals surface area contributed by atoms with Gasteiger partial charge in [-0.1, -0.05) is 18.2 Å². The molecule has 2 heterocycles. The van der Waals surface area contributed by atoms with Crippen LogP contribution in [0.5, 0.6) is 0 Å². The van der Waals surface area contributed by atoms with E-state index in [0.717, 1.165) is 29.8 Å². The van der Waals surface area contributed by atoms with Gasteiger partial charge in [0.1, 0.15) is 16.6 Å². The lowest BCUT2D eigenvalue weighted by atomic mass is 9.82. The number of amides is 1. The Morgan fingerprint density at radius 3 is 2.24 bits per heavy atom.